The molecule has 0 amide bonds. The third-order valence-corrected chi connectivity index (χ3v) is 2.24. The summed E-state index contributed by atoms with van der Waals surface area (Å²) in [4.78, 5) is 4.08. The van der Waals surface area contributed by atoms with Gasteiger partial charge in [0.15, 0.2) is 0 Å². The maximum absolute atomic E-state index is 9.73. The molecule has 0 bridgehead atoms. The molecular weight excluding hydrogens is 188 g/mol. The first-order chi connectivity index (χ1) is 7.18. The average molecular weight is 200 g/mol. The van der Waals surface area contributed by atoms with Crippen LogP contribution in [0.5, 0.6) is 5.75 Å². The molecule has 3 heteroatoms. The van der Waals surface area contributed by atoms with Crippen LogP contribution in [0.1, 0.15) is 5.56 Å². The highest BCUT2D eigenvalue weighted by atomic mass is 16.3. The minimum atomic E-state index is 0.183. The van der Waals surface area contributed by atoms with Crippen LogP contribution in [0.15, 0.2) is 36.7 Å². The summed E-state index contributed by atoms with van der Waals surface area (Å²) in [6.07, 6.45) is 3.46. The van der Waals surface area contributed by atoms with Crippen LogP contribution in [0, 0.1) is 6.92 Å². The zero-order chi connectivity index (χ0) is 10.8. The van der Waals surface area contributed by atoms with Crippen molar-refractivity contribution in [2.45, 2.75) is 6.92 Å². The number of phenols is 1. The molecule has 1 aromatic carbocycles. The van der Waals surface area contributed by atoms with Gasteiger partial charge in [-0.05, 0) is 30.7 Å². The Morgan fingerprint density at radius 3 is 2.73 bits per heavy atom. The van der Waals surface area contributed by atoms with E-state index in [0.717, 1.165) is 11.1 Å². The molecule has 0 saturated carbocycles. The Bertz CT molecular complexity index is 474. The van der Waals surface area contributed by atoms with Crippen LogP contribution in [-0.2, 0) is 0 Å². The van der Waals surface area contributed by atoms with E-state index >= 15 is 0 Å². The van der Waals surface area contributed by atoms with Crippen molar-refractivity contribution >= 4 is 5.69 Å². The van der Waals surface area contributed by atoms with Crippen LogP contribution in [0.3, 0.4) is 0 Å². The molecule has 76 valence electrons. The molecule has 0 aliphatic rings. The SMILES string of the molecule is Cc1cncc(-c2c(N)cccc2O)c1. The van der Waals surface area contributed by atoms with E-state index in [2.05, 4.69) is 4.98 Å². The lowest BCUT2D eigenvalue weighted by Crippen LogP contribution is -1.91. The zero-order valence-corrected chi connectivity index (χ0v) is 8.44. The van der Waals surface area contributed by atoms with Gasteiger partial charge in [0.05, 0.1) is 0 Å². The second kappa shape index (κ2) is 3.61. The monoisotopic (exact) mass is 200 g/mol. The van der Waals surface area contributed by atoms with Crippen LogP contribution >= 0.6 is 0 Å². The summed E-state index contributed by atoms with van der Waals surface area (Å²) in [5.74, 6) is 0.183. The van der Waals surface area contributed by atoms with Crippen molar-refractivity contribution in [1.82, 2.24) is 4.98 Å². The normalized spacial score (nSPS) is 10.2. The number of pyridine rings is 1. The largest absolute Gasteiger partial charge is 0.507 e. The molecule has 0 fully saturated rings. The van der Waals surface area contributed by atoms with E-state index in [4.69, 9.17) is 5.73 Å². The van der Waals surface area contributed by atoms with Gasteiger partial charge < -0.3 is 10.8 Å². The minimum absolute atomic E-state index is 0.183. The molecule has 0 aliphatic heterocycles. The van der Waals surface area contributed by atoms with Gasteiger partial charge in [0.2, 0.25) is 0 Å². The lowest BCUT2D eigenvalue weighted by molar-refractivity contribution is 0.477. The Labute approximate surface area is 88.2 Å². The Morgan fingerprint density at radius 1 is 1.27 bits per heavy atom. The average Bonchev–Trinajstić information content (AvgIpc) is 2.17. The molecule has 1 heterocycles. The number of hydrogen-bond donors (Lipinski definition) is 2. The summed E-state index contributed by atoms with van der Waals surface area (Å²) >= 11 is 0. The number of rotatable bonds is 1. The fraction of sp³-hybridized carbons (Fsp3) is 0.0833. The first-order valence-electron chi connectivity index (χ1n) is 4.68. The third kappa shape index (κ3) is 1.76. The number of hydrogen-bond acceptors (Lipinski definition) is 3. The number of aromatic nitrogens is 1. The highest BCUT2D eigenvalue weighted by Gasteiger charge is 2.07. The second-order valence-corrected chi connectivity index (χ2v) is 3.49. The summed E-state index contributed by atoms with van der Waals surface area (Å²) in [7, 11) is 0. The molecule has 0 spiro atoms. The van der Waals surface area contributed by atoms with Gasteiger partial charge in [-0.1, -0.05) is 6.07 Å². The molecule has 0 saturated heterocycles. The Kier molecular flexibility index (Phi) is 2.29. The fourth-order valence-electron chi connectivity index (χ4n) is 1.56. The van der Waals surface area contributed by atoms with Crippen LogP contribution in [0.25, 0.3) is 11.1 Å². The molecule has 3 nitrogen and oxygen atoms in total. The fourth-order valence-corrected chi connectivity index (χ4v) is 1.56. The van der Waals surface area contributed by atoms with Gasteiger partial charge in [-0.25, -0.2) is 0 Å². The molecule has 15 heavy (non-hydrogen) atoms. The standard InChI is InChI=1S/C12H12N2O/c1-8-5-9(7-14-6-8)12-10(13)3-2-4-11(12)15/h2-7,15H,13H2,1H3. The summed E-state index contributed by atoms with van der Waals surface area (Å²) in [5.41, 5.74) is 8.90. The van der Waals surface area contributed by atoms with Crippen molar-refractivity contribution in [3.63, 3.8) is 0 Å². The van der Waals surface area contributed by atoms with Crippen molar-refractivity contribution in [3.8, 4) is 16.9 Å². The summed E-state index contributed by atoms with van der Waals surface area (Å²) in [6, 6.07) is 7.04. The molecule has 0 aliphatic carbocycles. The van der Waals surface area contributed by atoms with Crippen LogP contribution in [-0.4, -0.2) is 10.1 Å². The van der Waals surface area contributed by atoms with E-state index in [9.17, 15) is 5.11 Å². The van der Waals surface area contributed by atoms with Gasteiger partial charge in [0.1, 0.15) is 5.75 Å². The number of nitrogens with two attached hydrogens (primary N) is 1. The lowest BCUT2D eigenvalue weighted by Gasteiger charge is -2.08. The Hall–Kier alpha value is -2.03. The van der Waals surface area contributed by atoms with E-state index in [1.165, 1.54) is 0 Å². The van der Waals surface area contributed by atoms with Gasteiger partial charge in [-0.3, -0.25) is 4.98 Å². The number of phenolic OH excluding ortho intramolecular Hbond substituents is 1. The van der Waals surface area contributed by atoms with Gasteiger partial charge >= 0.3 is 0 Å². The molecule has 0 atom stereocenters. The number of aryl methyl sites for hydroxylation is 1. The quantitative estimate of drug-likeness (QED) is 0.694. The van der Waals surface area contributed by atoms with E-state index in [-0.39, 0.29) is 5.75 Å². The van der Waals surface area contributed by atoms with Gasteiger partial charge in [-0.15, -0.1) is 0 Å². The summed E-state index contributed by atoms with van der Waals surface area (Å²) < 4.78 is 0. The molecule has 2 rings (SSSR count). The predicted octanol–water partition coefficient (Wildman–Crippen LogP) is 2.34. The van der Waals surface area contributed by atoms with Crippen LogP contribution in [0.4, 0.5) is 5.69 Å². The minimum Gasteiger partial charge on any atom is -0.507 e. The first kappa shape index (κ1) is 9.52. The number of nitrogens with zero attached hydrogens (tertiary/aromatic N) is 1. The number of anilines is 1. The highest BCUT2D eigenvalue weighted by Crippen LogP contribution is 2.33. The van der Waals surface area contributed by atoms with Crippen LogP contribution < -0.4 is 5.73 Å². The topological polar surface area (TPSA) is 59.1 Å². The number of aromatic hydroxyl groups is 1. The van der Waals surface area contributed by atoms with Crippen LogP contribution in [0.2, 0.25) is 0 Å². The second-order valence-electron chi connectivity index (χ2n) is 3.49. The van der Waals surface area contributed by atoms with E-state index in [0.29, 0.717) is 11.3 Å². The maximum atomic E-state index is 9.73. The van der Waals surface area contributed by atoms with Gasteiger partial charge in [0.25, 0.3) is 0 Å². The van der Waals surface area contributed by atoms with E-state index < -0.39 is 0 Å². The molecule has 2 aromatic rings. The first-order valence-corrected chi connectivity index (χ1v) is 4.68. The van der Waals surface area contributed by atoms with Crippen molar-refractivity contribution in [2.75, 3.05) is 5.73 Å². The van der Waals surface area contributed by atoms with E-state index in [1.807, 2.05) is 13.0 Å². The molecule has 0 unspecified atom stereocenters. The highest BCUT2D eigenvalue weighted by molar-refractivity contribution is 5.81. The van der Waals surface area contributed by atoms with Gasteiger partial charge in [0, 0.05) is 29.2 Å². The smallest absolute Gasteiger partial charge is 0.125 e. The molecule has 0 radical (unpaired) electrons. The Morgan fingerprint density at radius 2 is 2.07 bits per heavy atom. The van der Waals surface area contributed by atoms with Gasteiger partial charge in [-0.2, -0.15) is 0 Å². The summed E-state index contributed by atoms with van der Waals surface area (Å²) in [5, 5.41) is 9.73. The third-order valence-electron chi connectivity index (χ3n) is 2.24. The Balaban J connectivity index is 2.63. The van der Waals surface area contributed by atoms with E-state index in [1.54, 1.807) is 30.6 Å². The van der Waals surface area contributed by atoms with Crippen molar-refractivity contribution < 1.29 is 5.11 Å². The van der Waals surface area contributed by atoms with Crippen molar-refractivity contribution in [2.24, 2.45) is 0 Å². The molecule has 1 aromatic heterocycles. The molecule has 3 N–H and O–H groups in total. The van der Waals surface area contributed by atoms with Crippen molar-refractivity contribution in [1.29, 1.82) is 0 Å². The maximum Gasteiger partial charge on any atom is 0.125 e. The summed E-state index contributed by atoms with van der Waals surface area (Å²) in [6.45, 7) is 1.95. The van der Waals surface area contributed by atoms with Crippen molar-refractivity contribution in [3.05, 3.63) is 42.2 Å². The molecular formula is C12H12N2O. The lowest BCUT2D eigenvalue weighted by atomic mass is 10.0. The predicted molar refractivity (Wildman–Crippen MR) is 60.5 cm³/mol. The zero-order valence-electron chi connectivity index (χ0n) is 8.44. The number of benzene rings is 1. The number of nitrogen functional groups attached to an aromatic ring is 1.